The van der Waals surface area contributed by atoms with Gasteiger partial charge in [0.25, 0.3) is 0 Å². The van der Waals surface area contributed by atoms with Crippen LogP contribution in [0.2, 0.25) is 0 Å². The number of benzene rings is 3. The summed E-state index contributed by atoms with van der Waals surface area (Å²) in [5.74, 6) is 1.41. The molecule has 0 unspecified atom stereocenters. The maximum Gasteiger partial charge on any atom is 0.141 e. The molecule has 0 spiro atoms. The number of ether oxygens (including phenoxy) is 1. The number of hydrogen-bond donors (Lipinski definition) is 0. The van der Waals surface area contributed by atoms with Gasteiger partial charge in [-0.2, -0.15) is 0 Å². The van der Waals surface area contributed by atoms with Gasteiger partial charge >= 0.3 is 0 Å². The first-order chi connectivity index (χ1) is 12.2. The second kappa shape index (κ2) is 6.40. The van der Waals surface area contributed by atoms with Crippen molar-refractivity contribution in [2.24, 2.45) is 0 Å². The highest BCUT2D eigenvalue weighted by Crippen LogP contribution is 2.26. The van der Waals surface area contributed by atoms with Crippen molar-refractivity contribution in [2.45, 2.75) is 6.54 Å². The van der Waals surface area contributed by atoms with Gasteiger partial charge in [0, 0.05) is 12.1 Å². The van der Waals surface area contributed by atoms with E-state index in [9.17, 15) is 4.39 Å². The normalized spacial score (nSPS) is 11.0. The Morgan fingerprint density at radius 2 is 1.64 bits per heavy atom. The molecule has 0 saturated carbocycles. The summed E-state index contributed by atoms with van der Waals surface area (Å²) in [6.07, 6.45) is 0. The molecule has 0 aliphatic heterocycles. The molecule has 0 N–H and O–H groups in total. The Balaban J connectivity index is 1.82. The van der Waals surface area contributed by atoms with Gasteiger partial charge in [0.1, 0.15) is 17.4 Å². The molecule has 25 heavy (non-hydrogen) atoms. The van der Waals surface area contributed by atoms with Crippen LogP contribution in [0.3, 0.4) is 0 Å². The Morgan fingerprint density at radius 3 is 2.36 bits per heavy atom. The molecule has 124 valence electrons. The quantitative estimate of drug-likeness (QED) is 0.531. The van der Waals surface area contributed by atoms with Crippen LogP contribution in [0.5, 0.6) is 5.75 Å². The van der Waals surface area contributed by atoms with Crippen LogP contribution < -0.4 is 4.74 Å². The monoisotopic (exact) mass is 332 g/mol. The number of rotatable bonds is 4. The zero-order valence-corrected chi connectivity index (χ0v) is 13.8. The van der Waals surface area contributed by atoms with Crippen molar-refractivity contribution >= 4 is 11.0 Å². The summed E-state index contributed by atoms with van der Waals surface area (Å²) in [5, 5.41) is 0. The Hall–Kier alpha value is -3.14. The van der Waals surface area contributed by atoms with Crippen LogP contribution in [-0.2, 0) is 6.54 Å². The summed E-state index contributed by atoms with van der Waals surface area (Å²) >= 11 is 0. The Morgan fingerprint density at radius 1 is 0.920 bits per heavy atom. The van der Waals surface area contributed by atoms with Crippen LogP contribution in [0.15, 0.2) is 72.8 Å². The molecular weight excluding hydrogens is 315 g/mol. The maximum absolute atomic E-state index is 13.3. The van der Waals surface area contributed by atoms with Crippen molar-refractivity contribution in [2.75, 3.05) is 7.11 Å². The molecule has 0 aliphatic carbocycles. The maximum atomic E-state index is 13.3. The third-order valence-electron chi connectivity index (χ3n) is 4.26. The van der Waals surface area contributed by atoms with Crippen LogP contribution >= 0.6 is 0 Å². The Labute approximate surface area is 145 Å². The minimum absolute atomic E-state index is 0.249. The second-order valence-electron chi connectivity index (χ2n) is 5.87. The molecule has 0 aliphatic rings. The number of para-hydroxylation sites is 2. The SMILES string of the molecule is COc1ccc(Cn2c(-c3ccc(F)cc3)nc3ccccc32)cc1. The van der Waals surface area contributed by atoms with E-state index < -0.39 is 0 Å². The first-order valence-corrected chi connectivity index (χ1v) is 8.09. The van der Waals surface area contributed by atoms with E-state index in [4.69, 9.17) is 9.72 Å². The summed E-state index contributed by atoms with van der Waals surface area (Å²) in [5.41, 5.74) is 4.02. The molecule has 0 bridgehead atoms. The lowest BCUT2D eigenvalue weighted by Crippen LogP contribution is -2.02. The average molecular weight is 332 g/mol. The number of imidazole rings is 1. The van der Waals surface area contributed by atoms with E-state index in [1.54, 1.807) is 19.2 Å². The van der Waals surface area contributed by atoms with Gasteiger partial charge in [-0.1, -0.05) is 24.3 Å². The fraction of sp³-hybridized carbons (Fsp3) is 0.0952. The van der Waals surface area contributed by atoms with Gasteiger partial charge in [-0.25, -0.2) is 9.37 Å². The predicted molar refractivity (Wildman–Crippen MR) is 97.2 cm³/mol. The third kappa shape index (κ3) is 2.98. The zero-order chi connectivity index (χ0) is 17.2. The van der Waals surface area contributed by atoms with Crippen molar-refractivity contribution in [3.63, 3.8) is 0 Å². The van der Waals surface area contributed by atoms with Crippen LogP contribution in [0.25, 0.3) is 22.4 Å². The molecule has 1 aromatic heterocycles. The molecule has 4 aromatic rings. The van der Waals surface area contributed by atoms with Crippen molar-refractivity contribution in [1.29, 1.82) is 0 Å². The predicted octanol–water partition coefficient (Wildman–Crippen LogP) is 4.90. The lowest BCUT2D eigenvalue weighted by Gasteiger charge is -2.10. The molecule has 1 heterocycles. The van der Waals surface area contributed by atoms with E-state index in [2.05, 4.69) is 10.6 Å². The lowest BCUT2D eigenvalue weighted by atomic mass is 10.2. The van der Waals surface area contributed by atoms with Gasteiger partial charge in [-0.05, 0) is 54.1 Å². The average Bonchev–Trinajstić information content (AvgIpc) is 3.02. The van der Waals surface area contributed by atoms with E-state index in [1.165, 1.54) is 12.1 Å². The highest BCUT2D eigenvalue weighted by atomic mass is 19.1. The highest BCUT2D eigenvalue weighted by Gasteiger charge is 2.13. The van der Waals surface area contributed by atoms with E-state index in [0.717, 1.165) is 33.7 Å². The summed E-state index contributed by atoms with van der Waals surface area (Å²) in [7, 11) is 1.66. The zero-order valence-electron chi connectivity index (χ0n) is 13.8. The van der Waals surface area contributed by atoms with Crippen molar-refractivity contribution < 1.29 is 9.13 Å². The molecule has 0 fully saturated rings. The largest absolute Gasteiger partial charge is 0.497 e. The Kier molecular flexibility index (Phi) is 3.94. The lowest BCUT2D eigenvalue weighted by molar-refractivity contribution is 0.414. The number of nitrogens with zero attached hydrogens (tertiary/aromatic N) is 2. The minimum atomic E-state index is -0.249. The fourth-order valence-electron chi connectivity index (χ4n) is 2.97. The molecule has 0 saturated heterocycles. The number of halogens is 1. The topological polar surface area (TPSA) is 27.1 Å². The third-order valence-corrected chi connectivity index (χ3v) is 4.26. The van der Waals surface area contributed by atoms with Crippen LogP contribution in [0.4, 0.5) is 4.39 Å². The molecular formula is C21H17FN2O. The summed E-state index contributed by atoms with van der Waals surface area (Å²) in [6.45, 7) is 0.678. The summed E-state index contributed by atoms with van der Waals surface area (Å²) in [4.78, 5) is 4.76. The van der Waals surface area contributed by atoms with Crippen LogP contribution in [0.1, 0.15) is 5.56 Å². The van der Waals surface area contributed by atoms with Crippen molar-refractivity contribution in [3.05, 3.63) is 84.2 Å². The van der Waals surface area contributed by atoms with Gasteiger partial charge in [0.15, 0.2) is 0 Å². The molecule has 0 amide bonds. The smallest absolute Gasteiger partial charge is 0.141 e. The van der Waals surface area contributed by atoms with Crippen molar-refractivity contribution in [1.82, 2.24) is 9.55 Å². The minimum Gasteiger partial charge on any atom is -0.497 e. The van der Waals surface area contributed by atoms with Gasteiger partial charge < -0.3 is 9.30 Å². The first kappa shape index (κ1) is 15.4. The summed E-state index contributed by atoms with van der Waals surface area (Å²) in [6, 6.07) is 22.5. The van der Waals surface area contributed by atoms with E-state index >= 15 is 0 Å². The van der Waals surface area contributed by atoms with E-state index in [1.807, 2.05) is 42.5 Å². The van der Waals surface area contributed by atoms with E-state index in [-0.39, 0.29) is 5.82 Å². The number of fused-ring (bicyclic) bond motifs is 1. The first-order valence-electron chi connectivity index (χ1n) is 8.09. The highest BCUT2D eigenvalue weighted by molar-refractivity contribution is 5.80. The molecule has 0 atom stereocenters. The van der Waals surface area contributed by atoms with E-state index in [0.29, 0.717) is 6.54 Å². The number of methoxy groups -OCH3 is 1. The second-order valence-corrected chi connectivity index (χ2v) is 5.87. The Bertz CT molecular complexity index is 1000. The van der Waals surface area contributed by atoms with Crippen LogP contribution in [-0.4, -0.2) is 16.7 Å². The molecule has 4 rings (SSSR count). The molecule has 3 nitrogen and oxygen atoms in total. The number of aromatic nitrogens is 2. The van der Waals surface area contributed by atoms with Gasteiger partial charge in [0.2, 0.25) is 0 Å². The van der Waals surface area contributed by atoms with Gasteiger partial charge in [-0.15, -0.1) is 0 Å². The molecule has 4 heteroatoms. The molecule has 0 radical (unpaired) electrons. The fourth-order valence-corrected chi connectivity index (χ4v) is 2.97. The van der Waals surface area contributed by atoms with Crippen LogP contribution in [0, 0.1) is 5.82 Å². The van der Waals surface area contributed by atoms with Crippen molar-refractivity contribution in [3.8, 4) is 17.1 Å². The van der Waals surface area contributed by atoms with Gasteiger partial charge in [-0.3, -0.25) is 0 Å². The van der Waals surface area contributed by atoms with Gasteiger partial charge in [0.05, 0.1) is 18.1 Å². The number of hydrogen-bond acceptors (Lipinski definition) is 2. The standard InChI is InChI=1S/C21H17FN2O/c1-25-18-12-6-15(7-13-18)14-24-20-5-3-2-4-19(20)23-21(24)16-8-10-17(22)11-9-16/h2-13H,14H2,1H3. The molecule has 3 aromatic carbocycles. The summed E-state index contributed by atoms with van der Waals surface area (Å²) < 4.78 is 20.7.